The first kappa shape index (κ1) is 4.56. The van der Waals surface area contributed by atoms with Crippen molar-refractivity contribution in [2.24, 2.45) is 0 Å². The zero-order chi connectivity index (χ0) is 6.27. The first-order valence-corrected chi connectivity index (χ1v) is 2.82. The highest BCUT2D eigenvalue weighted by atomic mass is 15.0. The van der Waals surface area contributed by atoms with E-state index in [2.05, 4.69) is 0 Å². The van der Waals surface area contributed by atoms with Crippen molar-refractivity contribution in [2.45, 2.75) is 0 Å². The Labute approximate surface area is 52.9 Å². The first-order valence-electron chi connectivity index (χ1n) is 2.82. The van der Waals surface area contributed by atoms with Crippen LogP contribution >= 0.6 is 0 Å². The zero-order valence-corrected chi connectivity index (χ0v) is 4.83. The Morgan fingerprint density at radius 3 is 3.11 bits per heavy atom. The molecule has 2 heteroatoms. The van der Waals surface area contributed by atoms with Crippen LogP contribution in [0.3, 0.4) is 0 Å². The van der Waals surface area contributed by atoms with Gasteiger partial charge in [-0.25, -0.2) is 0 Å². The second-order valence-electron chi connectivity index (χ2n) is 2.03. The molecule has 1 aromatic rings. The summed E-state index contributed by atoms with van der Waals surface area (Å²) in [5.41, 5.74) is 1.58. The Morgan fingerprint density at radius 1 is 1.44 bits per heavy atom. The summed E-state index contributed by atoms with van der Waals surface area (Å²) in [6, 6.07) is 3.87. The average Bonchev–Trinajstić information content (AvgIpc) is 2.35. The van der Waals surface area contributed by atoms with Gasteiger partial charge in [0.2, 0.25) is 0 Å². The van der Waals surface area contributed by atoms with E-state index in [-0.39, 0.29) is 0 Å². The summed E-state index contributed by atoms with van der Waals surface area (Å²) >= 11 is 0. The van der Waals surface area contributed by atoms with Crippen LogP contribution in [0.5, 0.6) is 0 Å². The molecule has 0 aliphatic carbocycles. The second kappa shape index (κ2) is 1.35. The molecule has 1 aliphatic rings. The summed E-state index contributed by atoms with van der Waals surface area (Å²) in [4.78, 5) is 0. The monoisotopic (exact) mass is 118 g/mol. The van der Waals surface area contributed by atoms with Crippen LogP contribution in [0.15, 0.2) is 24.4 Å². The maximum absolute atomic E-state index is 7.34. The minimum absolute atomic E-state index is 0.597. The fourth-order valence-electron chi connectivity index (χ4n) is 0.992. The van der Waals surface area contributed by atoms with Crippen molar-refractivity contribution < 1.29 is 0 Å². The smallest absolute Gasteiger partial charge is 0.0794 e. The lowest BCUT2D eigenvalue weighted by molar-refractivity contribution is 1.17. The third-order valence-corrected chi connectivity index (χ3v) is 1.46. The van der Waals surface area contributed by atoms with Gasteiger partial charge in [0.05, 0.1) is 11.4 Å². The summed E-state index contributed by atoms with van der Waals surface area (Å²) < 4.78 is 1.93. The van der Waals surface area contributed by atoms with E-state index in [4.69, 9.17) is 5.41 Å². The minimum Gasteiger partial charge on any atom is -0.322 e. The number of allylic oxidation sites excluding steroid dienone is 1. The number of nitrogens with zero attached hydrogens (tertiary/aromatic N) is 1. The van der Waals surface area contributed by atoms with Crippen molar-refractivity contribution in [1.29, 1.82) is 5.41 Å². The molecule has 0 unspecified atom stereocenters. The van der Waals surface area contributed by atoms with Gasteiger partial charge in [-0.05, 0) is 18.2 Å². The molecule has 0 saturated carbocycles. The Hall–Kier alpha value is -1.31. The predicted octanol–water partition coefficient (Wildman–Crippen LogP) is 1.34. The maximum Gasteiger partial charge on any atom is 0.0794 e. The summed E-state index contributed by atoms with van der Waals surface area (Å²) in [6.45, 7) is 0. The van der Waals surface area contributed by atoms with Crippen LogP contribution in [0, 0.1) is 5.41 Å². The fourth-order valence-corrected chi connectivity index (χ4v) is 0.992. The molecule has 44 valence electrons. The van der Waals surface area contributed by atoms with Gasteiger partial charge in [0.1, 0.15) is 0 Å². The Morgan fingerprint density at radius 2 is 2.33 bits per heavy atom. The predicted molar refractivity (Wildman–Crippen MR) is 36.6 cm³/mol. The van der Waals surface area contributed by atoms with Crippen LogP contribution in [-0.4, -0.2) is 10.3 Å². The quantitative estimate of drug-likeness (QED) is 0.532. The molecule has 0 spiro atoms. The number of aromatic nitrogens is 1. The highest BCUT2D eigenvalue weighted by Gasteiger charge is 2.06. The standard InChI is InChI=1S/C7H6N2/c8-6-3-5-9-4-1-2-7(6)9/h1-5,8H. The molecule has 0 amide bonds. The van der Waals surface area contributed by atoms with Crippen LogP contribution in [0.25, 0.3) is 6.20 Å². The van der Waals surface area contributed by atoms with E-state index in [0.29, 0.717) is 5.71 Å². The number of fused-ring (bicyclic) bond motifs is 1. The van der Waals surface area contributed by atoms with E-state index in [1.54, 1.807) is 6.08 Å². The van der Waals surface area contributed by atoms with Gasteiger partial charge in [-0.3, -0.25) is 5.41 Å². The van der Waals surface area contributed by atoms with Crippen LogP contribution in [0.4, 0.5) is 0 Å². The zero-order valence-electron chi connectivity index (χ0n) is 4.83. The summed E-state index contributed by atoms with van der Waals surface area (Å²) in [6.07, 6.45) is 5.61. The minimum atomic E-state index is 0.597. The molecule has 0 fully saturated rings. The molecule has 2 heterocycles. The summed E-state index contributed by atoms with van der Waals surface area (Å²) in [5.74, 6) is 0. The third kappa shape index (κ3) is 0.470. The molecule has 0 bridgehead atoms. The Balaban J connectivity index is 2.73. The van der Waals surface area contributed by atoms with Gasteiger partial charge < -0.3 is 4.57 Å². The molecular formula is C7H6N2. The number of rotatable bonds is 0. The molecule has 9 heavy (non-hydrogen) atoms. The topological polar surface area (TPSA) is 28.8 Å². The lowest BCUT2D eigenvalue weighted by Gasteiger charge is -1.89. The summed E-state index contributed by atoms with van der Waals surface area (Å²) in [7, 11) is 0. The SMILES string of the molecule is N=C1C=Cn2cccc21. The molecule has 0 saturated heterocycles. The van der Waals surface area contributed by atoms with Gasteiger partial charge in [0, 0.05) is 12.4 Å². The normalized spacial score (nSPS) is 14.4. The number of hydrogen-bond donors (Lipinski definition) is 1. The summed E-state index contributed by atoms with van der Waals surface area (Å²) in [5, 5.41) is 7.34. The molecule has 2 nitrogen and oxygen atoms in total. The number of hydrogen-bond acceptors (Lipinski definition) is 1. The lowest BCUT2D eigenvalue weighted by Crippen LogP contribution is -1.91. The van der Waals surface area contributed by atoms with Crippen LogP contribution in [0.2, 0.25) is 0 Å². The fraction of sp³-hybridized carbons (Fsp3) is 0. The average molecular weight is 118 g/mol. The van der Waals surface area contributed by atoms with E-state index >= 15 is 0 Å². The van der Waals surface area contributed by atoms with Crippen molar-refractivity contribution in [3.63, 3.8) is 0 Å². The van der Waals surface area contributed by atoms with Gasteiger partial charge in [0.25, 0.3) is 0 Å². The molecule has 0 radical (unpaired) electrons. The van der Waals surface area contributed by atoms with Gasteiger partial charge in [-0.15, -0.1) is 0 Å². The number of nitrogens with one attached hydrogen (secondary N) is 1. The van der Waals surface area contributed by atoms with Crippen molar-refractivity contribution >= 4 is 11.9 Å². The van der Waals surface area contributed by atoms with Crippen molar-refractivity contribution in [3.8, 4) is 0 Å². The van der Waals surface area contributed by atoms with Crippen LogP contribution < -0.4 is 0 Å². The van der Waals surface area contributed by atoms with Gasteiger partial charge in [-0.1, -0.05) is 0 Å². The Kier molecular flexibility index (Phi) is 0.681. The molecule has 1 N–H and O–H groups in total. The molecule has 2 rings (SSSR count). The van der Waals surface area contributed by atoms with Gasteiger partial charge in [-0.2, -0.15) is 0 Å². The highest BCUT2D eigenvalue weighted by Crippen LogP contribution is 2.10. The Bertz CT molecular complexity index is 281. The van der Waals surface area contributed by atoms with E-state index in [0.717, 1.165) is 5.69 Å². The van der Waals surface area contributed by atoms with E-state index in [1.165, 1.54) is 0 Å². The molecular weight excluding hydrogens is 112 g/mol. The first-order chi connectivity index (χ1) is 4.38. The molecule has 1 aliphatic heterocycles. The van der Waals surface area contributed by atoms with Crippen LogP contribution in [0.1, 0.15) is 5.69 Å². The molecule has 0 atom stereocenters. The molecule has 0 aromatic carbocycles. The third-order valence-electron chi connectivity index (χ3n) is 1.46. The second-order valence-corrected chi connectivity index (χ2v) is 2.03. The molecule has 1 aromatic heterocycles. The lowest BCUT2D eigenvalue weighted by atomic mass is 10.3. The van der Waals surface area contributed by atoms with E-state index in [9.17, 15) is 0 Å². The van der Waals surface area contributed by atoms with Gasteiger partial charge >= 0.3 is 0 Å². The largest absolute Gasteiger partial charge is 0.322 e. The van der Waals surface area contributed by atoms with Crippen LogP contribution in [-0.2, 0) is 0 Å². The van der Waals surface area contributed by atoms with Crippen molar-refractivity contribution in [1.82, 2.24) is 4.57 Å². The maximum atomic E-state index is 7.34. The van der Waals surface area contributed by atoms with Crippen molar-refractivity contribution in [2.75, 3.05) is 0 Å². The highest BCUT2D eigenvalue weighted by molar-refractivity contribution is 6.10. The van der Waals surface area contributed by atoms with E-state index < -0.39 is 0 Å². The van der Waals surface area contributed by atoms with Gasteiger partial charge in [0.15, 0.2) is 0 Å². The van der Waals surface area contributed by atoms with Crippen molar-refractivity contribution in [3.05, 3.63) is 30.1 Å². The van der Waals surface area contributed by atoms with E-state index in [1.807, 2.05) is 29.1 Å².